The lowest BCUT2D eigenvalue weighted by Gasteiger charge is -2.17. The smallest absolute Gasteiger partial charge is 0.326 e. The number of rotatable bonds is 3. The second-order valence-electron chi connectivity index (χ2n) is 6.31. The first-order valence-corrected chi connectivity index (χ1v) is 8.09. The van der Waals surface area contributed by atoms with Crippen LogP contribution in [0.3, 0.4) is 0 Å². The molecule has 0 radical (unpaired) electrons. The van der Waals surface area contributed by atoms with Crippen LogP contribution < -0.4 is 10.2 Å². The summed E-state index contributed by atoms with van der Waals surface area (Å²) in [6, 6.07) is 11.8. The van der Waals surface area contributed by atoms with Crippen molar-refractivity contribution in [3.8, 4) is 0 Å². The number of hydrogen-bond donors (Lipinski definition) is 1. The molecule has 1 fully saturated rings. The molecular weight excluding hydrogens is 345 g/mol. The van der Waals surface area contributed by atoms with E-state index in [2.05, 4.69) is 5.32 Å². The van der Waals surface area contributed by atoms with Crippen LogP contribution in [0.15, 0.2) is 48.5 Å². The van der Waals surface area contributed by atoms with Crippen LogP contribution in [0.5, 0.6) is 0 Å². The van der Waals surface area contributed by atoms with Crippen LogP contribution >= 0.6 is 0 Å². The second kappa shape index (κ2) is 6.82. The third kappa shape index (κ3) is 3.87. The van der Waals surface area contributed by atoms with Crippen molar-refractivity contribution in [2.45, 2.75) is 19.5 Å². The van der Waals surface area contributed by atoms with Gasteiger partial charge in [-0.25, -0.2) is 0 Å². The van der Waals surface area contributed by atoms with Gasteiger partial charge in [-0.15, -0.1) is 0 Å². The molecule has 1 aliphatic rings. The van der Waals surface area contributed by atoms with Crippen LogP contribution in [0.1, 0.15) is 17.5 Å². The van der Waals surface area contributed by atoms with Crippen molar-refractivity contribution in [3.63, 3.8) is 0 Å². The normalized spacial score (nSPS) is 17.5. The van der Waals surface area contributed by atoms with Gasteiger partial charge < -0.3 is 10.2 Å². The monoisotopic (exact) mass is 362 g/mol. The molecular formula is C19H17F3N2O2. The van der Waals surface area contributed by atoms with Gasteiger partial charge >= 0.3 is 6.18 Å². The first kappa shape index (κ1) is 18.0. The molecule has 1 saturated heterocycles. The predicted octanol–water partition coefficient (Wildman–Crippen LogP) is 4.01. The molecule has 0 aromatic heterocycles. The van der Waals surface area contributed by atoms with Gasteiger partial charge in [-0.05, 0) is 42.8 Å². The van der Waals surface area contributed by atoms with Gasteiger partial charge in [0.25, 0.3) is 0 Å². The van der Waals surface area contributed by atoms with Gasteiger partial charge in [0.15, 0.2) is 0 Å². The van der Waals surface area contributed by atoms with Gasteiger partial charge in [0.2, 0.25) is 11.8 Å². The molecule has 0 spiro atoms. The molecule has 136 valence electrons. The van der Waals surface area contributed by atoms with Crippen LogP contribution in [0.2, 0.25) is 0 Å². The molecule has 2 aromatic carbocycles. The minimum Gasteiger partial charge on any atom is -0.326 e. The quantitative estimate of drug-likeness (QED) is 0.897. The molecule has 2 aromatic rings. The lowest BCUT2D eigenvalue weighted by atomic mass is 10.1. The molecule has 3 rings (SSSR count). The number of nitrogens with one attached hydrogen (secondary N) is 1. The van der Waals surface area contributed by atoms with E-state index < -0.39 is 23.6 Å². The van der Waals surface area contributed by atoms with Crippen molar-refractivity contribution in [2.24, 2.45) is 5.92 Å². The van der Waals surface area contributed by atoms with Crippen LogP contribution in [0.25, 0.3) is 0 Å². The maximum Gasteiger partial charge on any atom is 0.416 e. The van der Waals surface area contributed by atoms with E-state index in [1.54, 1.807) is 6.07 Å². The number of carbonyl (C=O) groups excluding carboxylic acids is 2. The summed E-state index contributed by atoms with van der Waals surface area (Å²) in [6.07, 6.45) is -4.45. The zero-order valence-corrected chi connectivity index (χ0v) is 14.0. The highest BCUT2D eigenvalue weighted by molar-refractivity contribution is 6.03. The summed E-state index contributed by atoms with van der Waals surface area (Å²) in [4.78, 5) is 26.2. The number of halogens is 3. The molecule has 7 heteroatoms. The molecule has 0 bridgehead atoms. The highest BCUT2D eigenvalue weighted by atomic mass is 19.4. The Morgan fingerprint density at radius 2 is 1.88 bits per heavy atom. The van der Waals surface area contributed by atoms with E-state index in [-0.39, 0.29) is 24.6 Å². The molecule has 1 N–H and O–H groups in total. The Balaban J connectivity index is 1.71. The van der Waals surface area contributed by atoms with Crippen LogP contribution in [-0.4, -0.2) is 18.4 Å². The number of carbonyl (C=O) groups is 2. The van der Waals surface area contributed by atoms with E-state index in [9.17, 15) is 22.8 Å². The minimum atomic E-state index is -4.48. The zero-order chi connectivity index (χ0) is 18.9. The zero-order valence-electron chi connectivity index (χ0n) is 14.0. The number of alkyl halides is 3. The van der Waals surface area contributed by atoms with Crippen LogP contribution in [0.4, 0.5) is 24.5 Å². The van der Waals surface area contributed by atoms with Crippen molar-refractivity contribution in [3.05, 3.63) is 59.7 Å². The first-order valence-electron chi connectivity index (χ1n) is 8.09. The Morgan fingerprint density at radius 1 is 1.15 bits per heavy atom. The molecule has 26 heavy (non-hydrogen) atoms. The Morgan fingerprint density at radius 3 is 2.58 bits per heavy atom. The summed E-state index contributed by atoms with van der Waals surface area (Å²) in [6.45, 7) is 2.11. The van der Waals surface area contributed by atoms with Crippen molar-refractivity contribution in [2.75, 3.05) is 16.8 Å². The molecule has 1 heterocycles. The van der Waals surface area contributed by atoms with Crippen molar-refractivity contribution < 1.29 is 22.8 Å². The van der Waals surface area contributed by atoms with Gasteiger partial charge in [-0.3, -0.25) is 9.59 Å². The molecule has 1 aliphatic heterocycles. The van der Waals surface area contributed by atoms with E-state index >= 15 is 0 Å². The van der Waals surface area contributed by atoms with Crippen molar-refractivity contribution in [1.29, 1.82) is 0 Å². The maximum atomic E-state index is 12.8. The summed E-state index contributed by atoms with van der Waals surface area (Å²) >= 11 is 0. The van der Waals surface area contributed by atoms with E-state index in [0.717, 1.165) is 17.7 Å². The molecule has 1 atom stereocenters. The second-order valence-corrected chi connectivity index (χ2v) is 6.31. The SMILES string of the molecule is Cc1cccc(N2CC(C(=O)Nc3cccc(C(F)(F)F)c3)CC2=O)c1. The largest absolute Gasteiger partial charge is 0.416 e. The van der Waals surface area contributed by atoms with Crippen molar-refractivity contribution >= 4 is 23.2 Å². The standard InChI is InChI=1S/C19H17F3N2O2/c1-12-4-2-7-16(8-12)24-11-13(9-17(24)25)18(26)23-15-6-3-5-14(10-15)19(20,21)22/h2-8,10,13H,9,11H2,1H3,(H,23,26). The van der Waals surface area contributed by atoms with E-state index in [1.165, 1.54) is 17.0 Å². The maximum absolute atomic E-state index is 12.8. The van der Waals surface area contributed by atoms with Gasteiger partial charge in [-0.1, -0.05) is 18.2 Å². The fourth-order valence-electron chi connectivity index (χ4n) is 2.95. The molecule has 1 unspecified atom stereocenters. The Labute approximate surface area is 148 Å². The van der Waals surface area contributed by atoms with Crippen LogP contribution in [0, 0.1) is 12.8 Å². The molecule has 2 amide bonds. The topological polar surface area (TPSA) is 49.4 Å². The Kier molecular flexibility index (Phi) is 4.71. The summed E-state index contributed by atoms with van der Waals surface area (Å²) in [7, 11) is 0. The highest BCUT2D eigenvalue weighted by Crippen LogP contribution is 2.31. The minimum absolute atomic E-state index is 0.0265. The summed E-state index contributed by atoms with van der Waals surface area (Å²) in [5, 5.41) is 2.48. The van der Waals surface area contributed by atoms with Gasteiger partial charge in [0.1, 0.15) is 0 Å². The van der Waals surface area contributed by atoms with E-state index in [4.69, 9.17) is 0 Å². The highest BCUT2D eigenvalue weighted by Gasteiger charge is 2.35. The van der Waals surface area contributed by atoms with Crippen molar-refractivity contribution in [1.82, 2.24) is 0 Å². The fraction of sp³-hybridized carbons (Fsp3) is 0.263. The van der Waals surface area contributed by atoms with Gasteiger partial charge in [0.05, 0.1) is 11.5 Å². The predicted molar refractivity (Wildman–Crippen MR) is 91.7 cm³/mol. The molecule has 4 nitrogen and oxygen atoms in total. The first-order chi connectivity index (χ1) is 12.2. The van der Waals surface area contributed by atoms with E-state index in [1.807, 2.05) is 25.1 Å². The number of hydrogen-bond acceptors (Lipinski definition) is 2. The number of benzene rings is 2. The Hall–Kier alpha value is -2.83. The lowest BCUT2D eigenvalue weighted by Crippen LogP contribution is -2.28. The summed E-state index contributed by atoms with van der Waals surface area (Å²) in [5.41, 5.74) is 0.932. The number of anilines is 2. The lowest BCUT2D eigenvalue weighted by molar-refractivity contribution is -0.137. The van der Waals surface area contributed by atoms with E-state index in [0.29, 0.717) is 5.69 Å². The fourth-order valence-corrected chi connectivity index (χ4v) is 2.95. The third-order valence-electron chi connectivity index (χ3n) is 4.27. The van der Waals surface area contributed by atoms with Gasteiger partial charge in [0, 0.05) is 24.3 Å². The average Bonchev–Trinajstić information content (AvgIpc) is 2.96. The summed E-state index contributed by atoms with van der Waals surface area (Å²) < 4.78 is 38.3. The summed E-state index contributed by atoms with van der Waals surface area (Å²) in [5.74, 6) is -1.26. The Bertz CT molecular complexity index is 849. The third-order valence-corrected chi connectivity index (χ3v) is 4.27. The number of aryl methyl sites for hydroxylation is 1. The number of amides is 2. The molecule has 0 saturated carbocycles. The average molecular weight is 362 g/mol. The van der Waals surface area contributed by atoms with Crippen LogP contribution in [-0.2, 0) is 15.8 Å². The van der Waals surface area contributed by atoms with Gasteiger partial charge in [-0.2, -0.15) is 13.2 Å². The number of nitrogens with zero attached hydrogens (tertiary/aromatic N) is 1. The molecule has 0 aliphatic carbocycles.